The highest BCUT2D eigenvalue weighted by atomic mass is 79.9. The Morgan fingerprint density at radius 2 is 1.72 bits per heavy atom. The summed E-state index contributed by atoms with van der Waals surface area (Å²) in [7, 11) is 0. The van der Waals surface area contributed by atoms with Gasteiger partial charge in [-0.1, -0.05) is 28.1 Å². The van der Waals surface area contributed by atoms with Crippen LogP contribution in [0.1, 0.15) is 5.56 Å². The third-order valence-corrected chi connectivity index (χ3v) is 3.64. The quantitative estimate of drug-likeness (QED) is 0.780. The average Bonchev–Trinajstić information content (AvgIpc) is 2.34. The lowest BCUT2D eigenvalue weighted by Gasteiger charge is -2.09. The van der Waals surface area contributed by atoms with E-state index in [1.54, 1.807) is 0 Å². The predicted octanol–water partition coefficient (Wildman–Crippen LogP) is 4.64. The zero-order chi connectivity index (χ0) is 13.1. The molecule has 0 aliphatic heterocycles. The van der Waals surface area contributed by atoms with E-state index in [1.807, 2.05) is 42.5 Å². The van der Waals surface area contributed by atoms with Crippen LogP contribution < -0.4 is 10.5 Å². The van der Waals surface area contributed by atoms with E-state index >= 15 is 0 Å². The van der Waals surface area contributed by atoms with Crippen LogP contribution in [0.4, 0.5) is 0 Å². The van der Waals surface area contributed by atoms with Crippen LogP contribution in [0.2, 0.25) is 0 Å². The molecule has 0 aliphatic carbocycles. The van der Waals surface area contributed by atoms with Crippen molar-refractivity contribution in [3.63, 3.8) is 0 Å². The third-order valence-electron chi connectivity index (χ3n) is 2.26. The van der Waals surface area contributed by atoms with Crippen molar-refractivity contribution in [3.05, 3.63) is 57.0 Å². The minimum atomic E-state index is 0.367. The van der Waals surface area contributed by atoms with Crippen molar-refractivity contribution >= 4 is 49.1 Å². The standard InChI is InChI=1S/C13H9Br2NOS/c14-9-2-4-10(5-3-9)17-12-6-1-8(13(16)18)7-11(12)15/h1-7H,(H2,16,18). The molecule has 0 spiro atoms. The van der Waals surface area contributed by atoms with E-state index in [-0.39, 0.29) is 0 Å². The Morgan fingerprint density at radius 3 is 2.28 bits per heavy atom. The summed E-state index contributed by atoms with van der Waals surface area (Å²) >= 11 is 11.7. The van der Waals surface area contributed by atoms with Crippen molar-refractivity contribution in [1.29, 1.82) is 0 Å². The molecule has 0 radical (unpaired) electrons. The van der Waals surface area contributed by atoms with Crippen molar-refractivity contribution in [3.8, 4) is 11.5 Å². The van der Waals surface area contributed by atoms with Gasteiger partial charge in [0, 0.05) is 10.0 Å². The number of halogens is 2. The monoisotopic (exact) mass is 385 g/mol. The van der Waals surface area contributed by atoms with E-state index in [9.17, 15) is 0 Å². The molecule has 2 aromatic carbocycles. The molecule has 2 rings (SSSR count). The van der Waals surface area contributed by atoms with Crippen molar-refractivity contribution in [2.24, 2.45) is 5.73 Å². The highest BCUT2D eigenvalue weighted by Crippen LogP contribution is 2.31. The van der Waals surface area contributed by atoms with Crippen LogP contribution in [0.5, 0.6) is 11.5 Å². The van der Waals surface area contributed by atoms with E-state index in [1.165, 1.54) is 0 Å². The lowest BCUT2D eigenvalue weighted by atomic mass is 10.2. The lowest BCUT2D eigenvalue weighted by Crippen LogP contribution is -2.08. The number of hydrogen-bond donors (Lipinski definition) is 1. The smallest absolute Gasteiger partial charge is 0.141 e. The lowest BCUT2D eigenvalue weighted by molar-refractivity contribution is 0.479. The van der Waals surface area contributed by atoms with Gasteiger partial charge in [0.15, 0.2) is 0 Å². The fourth-order valence-corrected chi connectivity index (χ4v) is 2.22. The maximum atomic E-state index is 5.75. The molecule has 18 heavy (non-hydrogen) atoms. The van der Waals surface area contributed by atoms with E-state index in [0.717, 1.165) is 26.0 Å². The maximum absolute atomic E-state index is 5.75. The molecular weight excluding hydrogens is 378 g/mol. The Labute approximate surface area is 127 Å². The molecule has 0 atom stereocenters. The Morgan fingerprint density at radius 1 is 1.06 bits per heavy atom. The average molecular weight is 387 g/mol. The fourth-order valence-electron chi connectivity index (χ4n) is 1.37. The summed E-state index contributed by atoms with van der Waals surface area (Å²) < 4.78 is 7.57. The summed E-state index contributed by atoms with van der Waals surface area (Å²) in [4.78, 5) is 0.367. The zero-order valence-corrected chi connectivity index (χ0v) is 13.2. The summed E-state index contributed by atoms with van der Waals surface area (Å²) in [6.45, 7) is 0. The van der Waals surface area contributed by atoms with Crippen LogP contribution in [0.3, 0.4) is 0 Å². The molecule has 0 bridgehead atoms. The molecule has 92 valence electrons. The Balaban J connectivity index is 2.24. The molecule has 0 saturated carbocycles. The third kappa shape index (κ3) is 3.31. The summed E-state index contributed by atoms with van der Waals surface area (Å²) in [5, 5.41) is 0. The van der Waals surface area contributed by atoms with Crippen molar-refractivity contribution in [2.45, 2.75) is 0 Å². The minimum Gasteiger partial charge on any atom is -0.456 e. The van der Waals surface area contributed by atoms with Gasteiger partial charge >= 0.3 is 0 Å². The highest BCUT2D eigenvalue weighted by Gasteiger charge is 2.05. The first-order valence-electron chi connectivity index (χ1n) is 5.09. The first-order chi connectivity index (χ1) is 8.56. The SMILES string of the molecule is NC(=S)c1ccc(Oc2ccc(Br)cc2)c(Br)c1. The predicted molar refractivity (Wildman–Crippen MR) is 84.2 cm³/mol. The summed E-state index contributed by atoms with van der Waals surface area (Å²) in [6, 6.07) is 13.1. The molecule has 0 aromatic heterocycles. The Hall–Kier alpha value is -0.910. The Kier molecular flexibility index (Phi) is 4.37. The number of hydrogen-bond acceptors (Lipinski definition) is 2. The number of benzene rings is 2. The van der Waals surface area contributed by atoms with Gasteiger partial charge in [-0.3, -0.25) is 0 Å². The molecule has 0 fully saturated rings. The van der Waals surface area contributed by atoms with Gasteiger partial charge in [0.1, 0.15) is 16.5 Å². The van der Waals surface area contributed by atoms with Gasteiger partial charge in [-0.2, -0.15) is 0 Å². The number of thiocarbonyl (C=S) groups is 1. The molecule has 0 saturated heterocycles. The number of rotatable bonds is 3. The van der Waals surface area contributed by atoms with Crippen LogP contribution in [0.15, 0.2) is 51.4 Å². The van der Waals surface area contributed by atoms with E-state index in [4.69, 9.17) is 22.7 Å². The molecule has 5 heteroatoms. The minimum absolute atomic E-state index is 0.367. The second-order valence-corrected chi connectivity index (χ2v) is 5.78. The van der Waals surface area contributed by atoms with Gasteiger partial charge in [0.05, 0.1) is 4.47 Å². The van der Waals surface area contributed by atoms with Crippen LogP contribution in [-0.4, -0.2) is 4.99 Å². The van der Waals surface area contributed by atoms with Gasteiger partial charge in [-0.15, -0.1) is 0 Å². The molecule has 0 amide bonds. The largest absolute Gasteiger partial charge is 0.456 e. The van der Waals surface area contributed by atoms with Crippen molar-refractivity contribution in [1.82, 2.24) is 0 Å². The fraction of sp³-hybridized carbons (Fsp3) is 0. The normalized spacial score (nSPS) is 10.1. The van der Waals surface area contributed by atoms with Crippen molar-refractivity contribution in [2.75, 3.05) is 0 Å². The first kappa shape index (κ1) is 13.5. The number of ether oxygens (including phenoxy) is 1. The first-order valence-corrected chi connectivity index (χ1v) is 7.08. The molecule has 2 nitrogen and oxygen atoms in total. The second kappa shape index (κ2) is 5.82. The van der Waals surface area contributed by atoms with Gasteiger partial charge in [0.2, 0.25) is 0 Å². The summed E-state index contributed by atoms with van der Waals surface area (Å²) in [5.74, 6) is 1.49. The van der Waals surface area contributed by atoms with E-state index in [0.29, 0.717) is 4.99 Å². The molecular formula is C13H9Br2NOS. The van der Waals surface area contributed by atoms with Gasteiger partial charge in [0.25, 0.3) is 0 Å². The molecule has 0 aliphatic rings. The Bertz CT molecular complexity index is 584. The molecule has 2 aromatic rings. The van der Waals surface area contributed by atoms with E-state index < -0.39 is 0 Å². The number of nitrogens with two attached hydrogens (primary N) is 1. The van der Waals surface area contributed by atoms with Crippen molar-refractivity contribution < 1.29 is 4.74 Å². The summed E-state index contributed by atoms with van der Waals surface area (Å²) in [5.41, 5.74) is 6.37. The molecule has 2 N–H and O–H groups in total. The van der Waals surface area contributed by atoms with Crippen LogP contribution in [0, 0.1) is 0 Å². The van der Waals surface area contributed by atoms with Crippen LogP contribution in [-0.2, 0) is 0 Å². The highest BCUT2D eigenvalue weighted by molar-refractivity contribution is 9.10. The van der Waals surface area contributed by atoms with Gasteiger partial charge < -0.3 is 10.5 Å². The molecule has 0 unspecified atom stereocenters. The van der Waals surface area contributed by atoms with Crippen LogP contribution >= 0.6 is 44.1 Å². The van der Waals surface area contributed by atoms with Gasteiger partial charge in [-0.05, 0) is 58.4 Å². The maximum Gasteiger partial charge on any atom is 0.141 e. The topological polar surface area (TPSA) is 35.2 Å². The van der Waals surface area contributed by atoms with Gasteiger partial charge in [-0.25, -0.2) is 0 Å². The van der Waals surface area contributed by atoms with E-state index in [2.05, 4.69) is 31.9 Å². The zero-order valence-electron chi connectivity index (χ0n) is 9.19. The second-order valence-electron chi connectivity index (χ2n) is 3.57. The summed E-state index contributed by atoms with van der Waals surface area (Å²) in [6.07, 6.45) is 0. The van der Waals surface area contributed by atoms with Crippen LogP contribution in [0.25, 0.3) is 0 Å². The molecule has 0 heterocycles.